The summed E-state index contributed by atoms with van der Waals surface area (Å²) >= 11 is 0. The van der Waals surface area contributed by atoms with Gasteiger partial charge in [-0.05, 0) is 12.1 Å². The van der Waals surface area contributed by atoms with Crippen LogP contribution in [0, 0.1) is 0 Å². The van der Waals surface area contributed by atoms with Crippen LogP contribution in [-0.2, 0) is 25.0 Å². The first-order valence-electron chi connectivity index (χ1n) is 6.38. The van der Waals surface area contributed by atoms with E-state index < -0.39 is 42.5 Å². The number of carbonyl (C=O) groups is 1. The van der Waals surface area contributed by atoms with Crippen molar-refractivity contribution in [2.75, 3.05) is 6.54 Å². The smallest absolute Gasteiger partial charge is 0.324 e. The molecule has 0 atom stereocenters. The molecule has 0 amide bonds. The lowest BCUT2D eigenvalue weighted by Gasteiger charge is -2.09. The minimum absolute atomic E-state index is 0.157. The summed E-state index contributed by atoms with van der Waals surface area (Å²) < 4.78 is 64.9. The second kappa shape index (κ2) is 6.72. The van der Waals surface area contributed by atoms with Crippen LogP contribution in [0.3, 0.4) is 0 Å². The second-order valence-electron chi connectivity index (χ2n) is 4.64. The van der Waals surface area contributed by atoms with Gasteiger partial charge in [0.2, 0.25) is 0 Å². The molecule has 0 heterocycles. The average Bonchev–Trinajstić information content (AvgIpc) is 2.48. The van der Waals surface area contributed by atoms with E-state index in [1.807, 2.05) is 5.43 Å². The maximum absolute atomic E-state index is 11.7. The Balaban J connectivity index is 2.72. The molecule has 4 N–H and O–H groups in total. The van der Waals surface area contributed by atoms with E-state index in [0.29, 0.717) is 0 Å². The second-order valence-corrected chi connectivity index (χ2v) is 7.39. The highest BCUT2D eigenvalue weighted by atomic mass is 32.2. The summed E-state index contributed by atoms with van der Waals surface area (Å²) in [7, 11) is -9.49. The van der Waals surface area contributed by atoms with E-state index in [2.05, 4.69) is 10.3 Å². The molecule has 134 valence electrons. The van der Waals surface area contributed by atoms with Crippen molar-refractivity contribution in [3.63, 3.8) is 0 Å². The maximum Gasteiger partial charge on any atom is 0.324 e. The van der Waals surface area contributed by atoms with Gasteiger partial charge in [0.25, 0.3) is 20.2 Å². The standard InChI is InChI=1S/C12H11N3O8S2/c16-11(17)6-13-15-14-9-5-4-7-8(12(9)25(21,22)23)2-1-3-10(7)24(18,19)20/h1-5H,6H2,(H,13,14)(H,16,17)(H,18,19,20)(H,21,22,23). The normalized spacial score (nSPS) is 12.6. The van der Waals surface area contributed by atoms with Gasteiger partial charge in [0, 0.05) is 10.8 Å². The third-order valence-corrected chi connectivity index (χ3v) is 4.80. The Kier molecular flexibility index (Phi) is 5.03. The first-order chi connectivity index (χ1) is 11.5. The van der Waals surface area contributed by atoms with Crippen molar-refractivity contribution in [2.24, 2.45) is 10.3 Å². The molecule has 0 aliphatic rings. The molecular formula is C12H11N3O8S2. The summed E-state index contributed by atoms with van der Waals surface area (Å²) in [6.45, 7) is -0.578. The van der Waals surface area contributed by atoms with Crippen LogP contribution in [0.4, 0.5) is 5.69 Å². The van der Waals surface area contributed by atoms with Gasteiger partial charge in [-0.1, -0.05) is 23.4 Å². The van der Waals surface area contributed by atoms with Crippen LogP contribution in [0.5, 0.6) is 0 Å². The van der Waals surface area contributed by atoms with Crippen molar-refractivity contribution in [3.8, 4) is 0 Å². The van der Waals surface area contributed by atoms with Crippen LogP contribution in [0.2, 0.25) is 0 Å². The lowest BCUT2D eigenvalue weighted by Crippen LogP contribution is -2.16. The third kappa shape index (κ3) is 4.27. The van der Waals surface area contributed by atoms with Gasteiger partial charge in [0.15, 0.2) is 0 Å². The molecule has 0 spiro atoms. The van der Waals surface area contributed by atoms with Gasteiger partial charge < -0.3 is 5.11 Å². The van der Waals surface area contributed by atoms with E-state index in [1.165, 1.54) is 18.2 Å². The van der Waals surface area contributed by atoms with Crippen LogP contribution >= 0.6 is 0 Å². The zero-order chi connectivity index (χ0) is 18.8. The maximum atomic E-state index is 11.7. The van der Waals surface area contributed by atoms with Crippen molar-refractivity contribution < 1.29 is 35.8 Å². The molecule has 0 aliphatic heterocycles. The lowest BCUT2D eigenvalue weighted by atomic mass is 10.1. The minimum atomic E-state index is -4.85. The number of nitrogens with one attached hydrogen (secondary N) is 1. The Bertz CT molecular complexity index is 1080. The Morgan fingerprint density at radius 1 is 1.00 bits per heavy atom. The largest absolute Gasteiger partial charge is 0.480 e. The van der Waals surface area contributed by atoms with Crippen molar-refractivity contribution >= 4 is 42.7 Å². The first kappa shape index (κ1) is 18.7. The molecule has 2 aromatic rings. The summed E-state index contributed by atoms with van der Waals surface area (Å²) in [4.78, 5) is 9.07. The number of hydrogen-bond acceptors (Lipinski definition) is 7. The van der Waals surface area contributed by atoms with Gasteiger partial charge in [0.05, 0.1) is 0 Å². The van der Waals surface area contributed by atoms with Crippen LogP contribution in [0.25, 0.3) is 10.8 Å². The molecule has 11 nitrogen and oxygen atoms in total. The topological polar surface area (TPSA) is 183 Å². The van der Waals surface area contributed by atoms with Gasteiger partial charge >= 0.3 is 5.97 Å². The molecule has 13 heteroatoms. The van der Waals surface area contributed by atoms with Crippen LogP contribution in [0.1, 0.15) is 0 Å². The molecule has 0 aromatic heterocycles. The summed E-state index contributed by atoms with van der Waals surface area (Å²) in [6, 6.07) is 5.65. The number of aliphatic carboxylic acids is 1. The van der Waals surface area contributed by atoms with Crippen molar-refractivity contribution in [1.29, 1.82) is 0 Å². The quantitative estimate of drug-likeness (QED) is 0.318. The Morgan fingerprint density at radius 2 is 1.68 bits per heavy atom. The molecule has 2 aromatic carbocycles. The molecule has 2 rings (SSSR count). The van der Waals surface area contributed by atoms with Gasteiger partial charge in [0.1, 0.15) is 22.0 Å². The number of rotatable bonds is 6. The molecule has 0 aliphatic carbocycles. The fourth-order valence-corrected chi connectivity index (χ4v) is 3.59. The van der Waals surface area contributed by atoms with Crippen LogP contribution < -0.4 is 5.43 Å². The zero-order valence-corrected chi connectivity index (χ0v) is 13.8. The predicted octanol–water partition coefficient (Wildman–Crippen LogP) is 1.01. The third-order valence-electron chi connectivity index (χ3n) is 2.95. The molecule has 0 saturated heterocycles. The zero-order valence-electron chi connectivity index (χ0n) is 12.2. The van der Waals surface area contributed by atoms with Crippen molar-refractivity contribution in [3.05, 3.63) is 30.3 Å². The minimum Gasteiger partial charge on any atom is -0.480 e. The number of benzene rings is 2. The number of nitrogens with zero attached hydrogens (tertiary/aromatic N) is 2. The van der Waals surface area contributed by atoms with Crippen molar-refractivity contribution in [1.82, 2.24) is 5.43 Å². The van der Waals surface area contributed by atoms with Gasteiger partial charge in [-0.3, -0.25) is 19.3 Å². The Labute approximate surface area is 141 Å². The van der Waals surface area contributed by atoms with E-state index in [0.717, 1.165) is 12.1 Å². The first-order valence-corrected chi connectivity index (χ1v) is 9.26. The molecule has 0 bridgehead atoms. The monoisotopic (exact) mass is 389 g/mol. The summed E-state index contributed by atoms with van der Waals surface area (Å²) in [5.41, 5.74) is 1.68. The van der Waals surface area contributed by atoms with E-state index in [9.17, 15) is 30.7 Å². The fourth-order valence-electron chi connectivity index (χ4n) is 2.06. The summed E-state index contributed by atoms with van der Waals surface area (Å²) in [5, 5.41) is 14.9. The van der Waals surface area contributed by atoms with Gasteiger partial charge in [-0.15, -0.1) is 5.11 Å². The van der Waals surface area contributed by atoms with E-state index in [4.69, 9.17) is 5.11 Å². The highest BCUT2D eigenvalue weighted by Gasteiger charge is 2.23. The van der Waals surface area contributed by atoms with Crippen LogP contribution in [0.15, 0.2) is 50.5 Å². The van der Waals surface area contributed by atoms with Gasteiger partial charge in [-0.2, -0.15) is 16.8 Å². The lowest BCUT2D eigenvalue weighted by molar-refractivity contribution is -0.135. The SMILES string of the molecule is O=C(O)CNN=Nc1ccc2c(S(=O)(=O)O)cccc2c1S(=O)(=O)O. The molecular weight excluding hydrogens is 378 g/mol. The van der Waals surface area contributed by atoms with E-state index in [-0.39, 0.29) is 16.5 Å². The molecule has 0 fully saturated rings. The number of fused-ring (bicyclic) bond motifs is 1. The number of carboxylic acids is 1. The number of carboxylic acid groups (broad SMARTS) is 1. The van der Waals surface area contributed by atoms with E-state index in [1.54, 1.807) is 0 Å². The molecule has 0 unspecified atom stereocenters. The summed E-state index contributed by atoms with van der Waals surface area (Å²) in [6.07, 6.45) is 0. The highest BCUT2D eigenvalue weighted by Crippen LogP contribution is 2.35. The predicted molar refractivity (Wildman–Crippen MR) is 83.7 cm³/mol. The average molecular weight is 389 g/mol. The molecule has 25 heavy (non-hydrogen) atoms. The summed E-state index contributed by atoms with van der Waals surface area (Å²) in [5.74, 6) is -1.23. The molecule has 0 saturated carbocycles. The van der Waals surface area contributed by atoms with E-state index >= 15 is 0 Å². The highest BCUT2D eigenvalue weighted by molar-refractivity contribution is 7.86. The van der Waals surface area contributed by atoms with Crippen LogP contribution in [-0.4, -0.2) is 43.6 Å². The van der Waals surface area contributed by atoms with Gasteiger partial charge in [-0.25, -0.2) is 0 Å². The Hall–Kier alpha value is -2.61. The van der Waals surface area contributed by atoms with Crippen molar-refractivity contribution in [2.45, 2.75) is 9.79 Å². The Morgan fingerprint density at radius 3 is 2.24 bits per heavy atom. The fraction of sp³-hybridized carbons (Fsp3) is 0.0833. The molecule has 0 radical (unpaired) electrons. The number of hydrogen-bond donors (Lipinski definition) is 4.